The summed E-state index contributed by atoms with van der Waals surface area (Å²) in [7, 11) is 0. The molecular formula is C18H25NO4. The van der Waals surface area contributed by atoms with Crippen molar-refractivity contribution in [3.05, 3.63) is 35.4 Å². The van der Waals surface area contributed by atoms with Gasteiger partial charge in [-0.05, 0) is 25.0 Å². The van der Waals surface area contributed by atoms with E-state index in [9.17, 15) is 4.79 Å². The molecule has 0 spiro atoms. The van der Waals surface area contributed by atoms with Gasteiger partial charge in [0.25, 0.3) is 0 Å². The first kappa shape index (κ1) is 16.4. The highest BCUT2D eigenvalue weighted by atomic mass is 16.5. The molecule has 1 aromatic rings. The van der Waals surface area contributed by atoms with Crippen molar-refractivity contribution in [2.75, 3.05) is 39.5 Å². The Balaban J connectivity index is 1.64. The SMILES string of the molecule is C[C@@H](OC(=O)c1ccccc1CN1CCOCC1)[C@@H]1CCOC1. The number of benzene rings is 1. The Hall–Kier alpha value is -1.43. The molecule has 5 heteroatoms. The predicted molar refractivity (Wildman–Crippen MR) is 86.3 cm³/mol. The fourth-order valence-electron chi connectivity index (χ4n) is 3.11. The fourth-order valence-corrected chi connectivity index (χ4v) is 3.11. The van der Waals surface area contributed by atoms with Crippen LogP contribution in [0.4, 0.5) is 0 Å². The van der Waals surface area contributed by atoms with Gasteiger partial charge < -0.3 is 14.2 Å². The summed E-state index contributed by atoms with van der Waals surface area (Å²) in [5.41, 5.74) is 1.69. The highest BCUT2D eigenvalue weighted by Crippen LogP contribution is 2.21. The summed E-state index contributed by atoms with van der Waals surface area (Å²) in [4.78, 5) is 14.9. The minimum atomic E-state index is -0.228. The molecule has 0 bridgehead atoms. The van der Waals surface area contributed by atoms with Crippen LogP contribution >= 0.6 is 0 Å². The zero-order valence-corrected chi connectivity index (χ0v) is 13.7. The van der Waals surface area contributed by atoms with Crippen LogP contribution in [0.3, 0.4) is 0 Å². The van der Waals surface area contributed by atoms with Gasteiger partial charge in [0.05, 0.1) is 25.4 Å². The number of carbonyl (C=O) groups is 1. The number of carbonyl (C=O) groups excluding carboxylic acids is 1. The predicted octanol–water partition coefficient (Wildman–Crippen LogP) is 2.10. The molecule has 2 aliphatic heterocycles. The van der Waals surface area contributed by atoms with E-state index >= 15 is 0 Å². The molecule has 2 aliphatic rings. The van der Waals surface area contributed by atoms with E-state index in [-0.39, 0.29) is 12.1 Å². The maximum atomic E-state index is 12.6. The van der Waals surface area contributed by atoms with E-state index in [1.54, 1.807) is 0 Å². The molecule has 2 saturated heterocycles. The van der Waals surface area contributed by atoms with E-state index in [4.69, 9.17) is 14.2 Å². The molecule has 2 heterocycles. The molecule has 0 radical (unpaired) electrons. The van der Waals surface area contributed by atoms with Crippen molar-refractivity contribution in [1.82, 2.24) is 4.90 Å². The Labute approximate surface area is 137 Å². The minimum absolute atomic E-state index is 0.110. The van der Waals surface area contributed by atoms with E-state index in [1.165, 1.54) is 0 Å². The summed E-state index contributed by atoms with van der Waals surface area (Å²) < 4.78 is 16.4. The largest absolute Gasteiger partial charge is 0.459 e. The van der Waals surface area contributed by atoms with E-state index in [2.05, 4.69) is 4.90 Å². The third-order valence-electron chi connectivity index (χ3n) is 4.66. The number of morpholine rings is 1. The van der Waals surface area contributed by atoms with Gasteiger partial charge in [0, 0.05) is 32.2 Å². The second-order valence-electron chi connectivity index (χ2n) is 6.28. The minimum Gasteiger partial charge on any atom is -0.459 e. The maximum absolute atomic E-state index is 12.6. The summed E-state index contributed by atoms with van der Waals surface area (Å²) >= 11 is 0. The molecule has 5 nitrogen and oxygen atoms in total. The standard InChI is InChI=1S/C18H25NO4/c1-14(16-6-9-22-13-16)23-18(20)17-5-3-2-4-15(17)12-19-7-10-21-11-8-19/h2-5,14,16H,6-13H2,1H3/t14-,16-/m1/s1. The van der Waals surface area contributed by atoms with Gasteiger partial charge in [0.15, 0.2) is 0 Å². The van der Waals surface area contributed by atoms with E-state index in [1.807, 2.05) is 31.2 Å². The quantitative estimate of drug-likeness (QED) is 0.778. The van der Waals surface area contributed by atoms with Crippen LogP contribution in [0.2, 0.25) is 0 Å². The molecule has 0 aliphatic carbocycles. The average molecular weight is 319 g/mol. The van der Waals surface area contributed by atoms with E-state index < -0.39 is 0 Å². The third-order valence-corrected chi connectivity index (χ3v) is 4.66. The molecule has 3 rings (SSSR count). The van der Waals surface area contributed by atoms with Crippen LogP contribution in [0.1, 0.15) is 29.3 Å². The van der Waals surface area contributed by atoms with Crippen molar-refractivity contribution in [2.45, 2.75) is 26.0 Å². The second-order valence-corrected chi connectivity index (χ2v) is 6.28. The third kappa shape index (κ3) is 4.31. The lowest BCUT2D eigenvalue weighted by atomic mass is 10.0. The smallest absolute Gasteiger partial charge is 0.338 e. The average Bonchev–Trinajstić information content (AvgIpc) is 3.11. The number of hydrogen-bond donors (Lipinski definition) is 0. The number of hydrogen-bond acceptors (Lipinski definition) is 5. The molecule has 0 unspecified atom stereocenters. The highest BCUT2D eigenvalue weighted by molar-refractivity contribution is 5.91. The number of esters is 1. The molecular weight excluding hydrogens is 294 g/mol. The van der Waals surface area contributed by atoms with Crippen molar-refractivity contribution in [3.8, 4) is 0 Å². The highest BCUT2D eigenvalue weighted by Gasteiger charge is 2.26. The lowest BCUT2D eigenvalue weighted by Crippen LogP contribution is -2.36. The van der Waals surface area contributed by atoms with Gasteiger partial charge in [-0.25, -0.2) is 4.79 Å². The molecule has 2 atom stereocenters. The monoisotopic (exact) mass is 319 g/mol. The Morgan fingerprint density at radius 2 is 2.04 bits per heavy atom. The van der Waals surface area contributed by atoms with Gasteiger partial charge in [-0.15, -0.1) is 0 Å². The van der Waals surface area contributed by atoms with Gasteiger partial charge in [-0.1, -0.05) is 18.2 Å². The zero-order valence-electron chi connectivity index (χ0n) is 13.7. The zero-order chi connectivity index (χ0) is 16.1. The first-order valence-corrected chi connectivity index (χ1v) is 8.41. The number of ether oxygens (including phenoxy) is 3. The molecule has 1 aromatic carbocycles. The van der Waals surface area contributed by atoms with Crippen molar-refractivity contribution < 1.29 is 19.0 Å². The summed E-state index contributed by atoms with van der Waals surface area (Å²) in [6.45, 7) is 7.48. The molecule has 0 aromatic heterocycles. The van der Waals surface area contributed by atoms with Crippen LogP contribution in [0.15, 0.2) is 24.3 Å². The Kier molecular flexibility index (Phi) is 5.65. The lowest BCUT2D eigenvalue weighted by Gasteiger charge is -2.27. The summed E-state index contributed by atoms with van der Waals surface area (Å²) in [6, 6.07) is 7.73. The van der Waals surface area contributed by atoms with Crippen LogP contribution in [0.5, 0.6) is 0 Å². The van der Waals surface area contributed by atoms with Gasteiger partial charge >= 0.3 is 5.97 Å². The van der Waals surface area contributed by atoms with Crippen LogP contribution in [-0.2, 0) is 20.8 Å². The van der Waals surface area contributed by atoms with Gasteiger partial charge in [-0.3, -0.25) is 4.90 Å². The van der Waals surface area contributed by atoms with Gasteiger partial charge in [-0.2, -0.15) is 0 Å². The van der Waals surface area contributed by atoms with Crippen LogP contribution in [0.25, 0.3) is 0 Å². The summed E-state index contributed by atoms with van der Waals surface area (Å²) in [6.07, 6.45) is 0.852. The Bertz CT molecular complexity index is 522. The Morgan fingerprint density at radius 1 is 1.26 bits per heavy atom. The van der Waals surface area contributed by atoms with Crippen LogP contribution in [-0.4, -0.2) is 56.5 Å². The molecule has 0 amide bonds. The van der Waals surface area contributed by atoms with E-state index in [0.717, 1.165) is 51.4 Å². The topological polar surface area (TPSA) is 48.0 Å². The summed E-state index contributed by atoms with van der Waals surface area (Å²) in [5.74, 6) is 0.0821. The molecule has 2 fully saturated rings. The number of nitrogens with zero attached hydrogens (tertiary/aromatic N) is 1. The second kappa shape index (κ2) is 7.90. The van der Waals surface area contributed by atoms with E-state index in [0.29, 0.717) is 18.1 Å². The van der Waals surface area contributed by atoms with Crippen molar-refractivity contribution >= 4 is 5.97 Å². The molecule has 126 valence electrons. The van der Waals surface area contributed by atoms with Crippen molar-refractivity contribution in [3.63, 3.8) is 0 Å². The van der Waals surface area contributed by atoms with Crippen molar-refractivity contribution in [2.24, 2.45) is 5.92 Å². The van der Waals surface area contributed by atoms with Crippen LogP contribution in [0, 0.1) is 5.92 Å². The van der Waals surface area contributed by atoms with Gasteiger partial charge in [0.2, 0.25) is 0 Å². The first-order valence-electron chi connectivity index (χ1n) is 8.41. The van der Waals surface area contributed by atoms with Crippen LogP contribution < -0.4 is 0 Å². The van der Waals surface area contributed by atoms with Gasteiger partial charge in [0.1, 0.15) is 6.10 Å². The molecule has 0 N–H and O–H groups in total. The molecule has 23 heavy (non-hydrogen) atoms. The maximum Gasteiger partial charge on any atom is 0.338 e. The fraction of sp³-hybridized carbons (Fsp3) is 0.611. The lowest BCUT2D eigenvalue weighted by molar-refractivity contribution is 0.0173. The molecule has 0 saturated carbocycles. The Morgan fingerprint density at radius 3 is 2.78 bits per heavy atom. The van der Waals surface area contributed by atoms with Crippen molar-refractivity contribution in [1.29, 1.82) is 0 Å². The number of rotatable bonds is 5. The first-order chi connectivity index (χ1) is 11.2. The normalized spacial score (nSPS) is 23.6. The summed E-state index contributed by atoms with van der Waals surface area (Å²) in [5, 5.41) is 0.